The Bertz CT molecular complexity index is 323. The summed E-state index contributed by atoms with van der Waals surface area (Å²) in [6.45, 7) is 8.78. The van der Waals surface area contributed by atoms with Crippen LogP contribution in [0.15, 0.2) is 30.3 Å². The van der Waals surface area contributed by atoms with E-state index in [1.807, 2.05) is 0 Å². The molecule has 0 fully saturated rings. The highest BCUT2D eigenvalue weighted by molar-refractivity contribution is 5.15. The molecule has 1 aromatic carbocycles. The van der Waals surface area contributed by atoms with Crippen LogP contribution in [0.2, 0.25) is 0 Å². The fourth-order valence-corrected chi connectivity index (χ4v) is 2.81. The minimum absolute atomic E-state index is 0.235. The summed E-state index contributed by atoms with van der Waals surface area (Å²) in [5, 5.41) is 10.2. The third-order valence-corrected chi connectivity index (χ3v) is 4.23. The van der Waals surface area contributed by atoms with Crippen molar-refractivity contribution in [3.63, 3.8) is 0 Å². The second kappa shape index (κ2) is 8.37. The fraction of sp³-hybridized carbons (Fsp3) is 0.611. The molecule has 0 amide bonds. The number of aryl methyl sites for hydroxylation is 1. The first-order valence-electron chi connectivity index (χ1n) is 7.68. The Hall–Kier alpha value is -0.820. The Morgan fingerprint density at radius 2 is 1.63 bits per heavy atom. The lowest BCUT2D eigenvalue weighted by Gasteiger charge is -2.32. The number of aliphatic hydroxyl groups excluding tert-OH is 1. The number of hydrogen-bond donors (Lipinski definition) is 1. The van der Waals surface area contributed by atoms with Crippen molar-refractivity contribution in [2.75, 3.05) is 0 Å². The topological polar surface area (TPSA) is 20.2 Å². The Morgan fingerprint density at radius 1 is 1.00 bits per heavy atom. The molecule has 1 radical (unpaired) electrons. The summed E-state index contributed by atoms with van der Waals surface area (Å²) in [6.07, 6.45) is 3.93. The maximum absolute atomic E-state index is 10.2. The molecule has 0 aromatic heterocycles. The molecular weight excluding hydrogens is 232 g/mol. The van der Waals surface area contributed by atoms with Crippen LogP contribution in [0.25, 0.3) is 0 Å². The van der Waals surface area contributed by atoms with Crippen LogP contribution < -0.4 is 0 Å². The molecule has 0 heterocycles. The molecule has 0 aliphatic carbocycles. The predicted molar refractivity (Wildman–Crippen MR) is 82.9 cm³/mol. The van der Waals surface area contributed by atoms with E-state index in [1.165, 1.54) is 11.5 Å². The minimum Gasteiger partial charge on any atom is -0.393 e. The van der Waals surface area contributed by atoms with E-state index in [1.54, 1.807) is 0 Å². The van der Waals surface area contributed by atoms with Crippen molar-refractivity contribution < 1.29 is 5.11 Å². The van der Waals surface area contributed by atoms with Gasteiger partial charge in [-0.1, -0.05) is 64.4 Å². The molecule has 1 nitrogen and oxygen atoms in total. The molecule has 1 heteroatoms. The first-order chi connectivity index (χ1) is 9.10. The van der Waals surface area contributed by atoms with E-state index in [2.05, 4.69) is 58.0 Å². The first-order valence-corrected chi connectivity index (χ1v) is 7.68. The Balaban J connectivity index is 2.59. The van der Waals surface area contributed by atoms with Gasteiger partial charge in [0, 0.05) is 5.92 Å². The zero-order valence-electron chi connectivity index (χ0n) is 12.9. The van der Waals surface area contributed by atoms with Crippen LogP contribution in [0, 0.1) is 17.8 Å². The summed E-state index contributed by atoms with van der Waals surface area (Å²) < 4.78 is 0. The van der Waals surface area contributed by atoms with Crippen molar-refractivity contribution in [1.82, 2.24) is 0 Å². The van der Waals surface area contributed by atoms with Gasteiger partial charge < -0.3 is 5.11 Å². The molecule has 1 N–H and O–H groups in total. The molecule has 0 aliphatic heterocycles. The molecule has 0 bridgehead atoms. The van der Waals surface area contributed by atoms with Crippen molar-refractivity contribution >= 4 is 0 Å². The third-order valence-electron chi connectivity index (χ3n) is 4.23. The van der Waals surface area contributed by atoms with Gasteiger partial charge in [0.1, 0.15) is 0 Å². The van der Waals surface area contributed by atoms with Gasteiger partial charge in [0.2, 0.25) is 0 Å². The molecule has 3 atom stereocenters. The zero-order chi connectivity index (χ0) is 14.3. The lowest BCUT2D eigenvalue weighted by Crippen LogP contribution is -2.29. The number of hydrogen-bond acceptors (Lipinski definition) is 1. The number of rotatable bonds is 8. The van der Waals surface area contributed by atoms with Crippen molar-refractivity contribution in [1.29, 1.82) is 0 Å². The molecule has 19 heavy (non-hydrogen) atoms. The lowest BCUT2D eigenvalue weighted by molar-refractivity contribution is 0.140. The molecule has 0 saturated carbocycles. The van der Waals surface area contributed by atoms with E-state index in [-0.39, 0.29) is 6.10 Å². The molecule has 0 aliphatic rings. The molecule has 1 rings (SSSR count). The smallest absolute Gasteiger partial charge is 0.0605 e. The second-order valence-corrected chi connectivity index (χ2v) is 5.66. The second-order valence-electron chi connectivity index (χ2n) is 5.66. The van der Waals surface area contributed by atoms with Crippen LogP contribution in [-0.4, -0.2) is 11.2 Å². The van der Waals surface area contributed by atoms with Crippen LogP contribution in [0.5, 0.6) is 0 Å². The lowest BCUT2D eigenvalue weighted by atomic mass is 9.75. The summed E-state index contributed by atoms with van der Waals surface area (Å²) >= 11 is 0. The van der Waals surface area contributed by atoms with Gasteiger partial charge in [-0.3, -0.25) is 0 Å². The highest BCUT2D eigenvalue weighted by Crippen LogP contribution is 2.33. The summed E-state index contributed by atoms with van der Waals surface area (Å²) in [5.41, 5.74) is 1.39. The van der Waals surface area contributed by atoms with Gasteiger partial charge >= 0.3 is 0 Å². The van der Waals surface area contributed by atoms with Crippen molar-refractivity contribution in [2.45, 2.75) is 59.5 Å². The molecule has 0 saturated heterocycles. The monoisotopic (exact) mass is 261 g/mol. The van der Waals surface area contributed by atoms with E-state index in [0.717, 1.165) is 25.7 Å². The van der Waals surface area contributed by atoms with Crippen molar-refractivity contribution in [2.24, 2.45) is 11.8 Å². The van der Waals surface area contributed by atoms with Gasteiger partial charge in [0.05, 0.1) is 6.10 Å². The largest absolute Gasteiger partial charge is 0.393 e. The molecular formula is C18H29O. The van der Waals surface area contributed by atoms with Crippen LogP contribution in [0.4, 0.5) is 0 Å². The SMILES string of the molecule is CCC(C)[C](C(C)CCc1ccccc1)C(O)CC. The summed E-state index contributed by atoms with van der Waals surface area (Å²) in [6, 6.07) is 10.6. The number of aliphatic hydroxyl groups is 1. The maximum atomic E-state index is 10.2. The standard InChI is InChI=1S/C18H29O/c1-5-14(3)18(17(19)6-2)15(4)12-13-16-10-8-7-9-11-16/h7-11,14-15,17,19H,5-6,12-13H2,1-4H3. The Kier molecular flexibility index (Phi) is 7.15. The van der Waals surface area contributed by atoms with Gasteiger partial charge in [-0.2, -0.15) is 0 Å². The third kappa shape index (κ3) is 4.99. The fourth-order valence-electron chi connectivity index (χ4n) is 2.81. The summed E-state index contributed by atoms with van der Waals surface area (Å²) in [4.78, 5) is 0. The van der Waals surface area contributed by atoms with Gasteiger partial charge in [-0.15, -0.1) is 0 Å². The van der Waals surface area contributed by atoms with Gasteiger partial charge in [-0.05, 0) is 36.7 Å². The van der Waals surface area contributed by atoms with Crippen molar-refractivity contribution in [3.8, 4) is 0 Å². The normalized spacial score (nSPS) is 16.3. The first kappa shape index (κ1) is 16.2. The molecule has 1 aromatic rings. The van der Waals surface area contributed by atoms with E-state index in [9.17, 15) is 5.11 Å². The average molecular weight is 261 g/mol. The zero-order valence-corrected chi connectivity index (χ0v) is 12.9. The quantitative estimate of drug-likeness (QED) is 0.722. The molecule has 3 unspecified atom stereocenters. The van der Waals surface area contributed by atoms with E-state index in [4.69, 9.17) is 0 Å². The van der Waals surface area contributed by atoms with Crippen LogP contribution in [-0.2, 0) is 6.42 Å². The number of benzene rings is 1. The van der Waals surface area contributed by atoms with Crippen LogP contribution in [0.3, 0.4) is 0 Å². The highest BCUT2D eigenvalue weighted by Gasteiger charge is 2.28. The maximum Gasteiger partial charge on any atom is 0.0605 e. The van der Waals surface area contributed by atoms with Gasteiger partial charge in [0.25, 0.3) is 0 Å². The van der Waals surface area contributed by atoms with Crippen molar-refractivity contribution in [3.05, 3.63) is 41.8 Å². The average Bonchev–Trinajstić information content (AvgIpc) is 2.45. The van der Waals surface area contributed by atoms with E-state index >= 15 is 0 Å². The molecule has 0 spiro atoms. The van der Waals surface area contributed by atoms with Gasteiger partial charge in [0.15, 0.2) is 0 Å². The highest BCUT2D eigenvalue weighted by atomic mass is 16.3. The summed E-state index contributed by atoms with van der Waals surface area (Å²) in [5.74, 6) is 2.35. The van der Waals surface area contributed by atoms with Crippen LogP contribution in [0.1, 0.15) is 52.5 Å². The van der Waals surface area contributed by atoms with E-state index in [0.29, 0.717) is 11.8 Å². The van der Waals surface area contributed by atoms with Crippen LogP contribution >= 0.6 is 0 Å². The predicted octanol–water partition coefficient (Wildman–Crippen LogP) is 4.65. The Labute approximate surface area is 119 Å². The van der Waals surface area contributed by atoms with Gasteiger partial charge in [-0.25, -0.2) is 0 Å². The van der Waals surface area contributed by atoms with E-state index < -0.39 is 0 Å². The minimum atomic E-state index is -0.235. The summed E-state index contributed by atoms with van der Waals surface area (Å²) in [7, 11) is 0. The molecule has 107 valence electrons. The Morgan fingerprint density at radius 3 is 2.16 bits per heavy atom.